The van der Waals surface area contributed by atoms with Gasteiger partial charge in [-0.1, -0.05) is 142 Å². The second kappa shape index (κ2) is 30.3. The van der Waals surface area contributed by atoms with Crippen molar-refractivity contribution in [2.24, 2.45) is 0 Å². The molecule has 7 heteroatoms. The fourth-order valence-corrected chi connectivity index (χ4v) is 5.92. The number of hydrogen-bond donors (Lipinski definition) is 0. The quantitative estimate of drug-likeness (QED) is 0.0466. The van der Waals surface area contributed by atoms with Gasteiger partial charge in [0.25, 0.3) is 0 Å². The van der Waals surface area contributed by atoms with Gasteiger partial charge in [-0.3, -0.25) is 0 Å². The standard InChI is InChI=1S/2C18H34O3.Mg/c1-2-3-4-5-7-10-13-16-17(21-16)14-11-8-6-9-12-15-18(19)20;1-2-3-4-5-6-7-8-10-13-16-17(21-16)14-11-9-12-15-18(19)20;/h2*16-17H,2-15H2,1H3,(H,19,20);/q;;+2/p-2. The van der Waals surface area contributed by atoms with Crippen LogP contribution in [0.4, 0.5) is 0 Å². The molecule has 0 aromatic rings. The molecule has 0 bridgehead atoms. The first kappa shape index (κ1) is 42.6. The molecule has 0 aliphatic carbocycles. The molecule has 0 saturated carbocycles. The van der Waals surface area contributed by atoms with Crippen molar-refractivity contribution in [2.75, 3.05) is 0 Å². The van der Waals surface area contributed by atoms with Crippen molar-refractivity contribution in [3.63, 3.8) is 0 Å². The number of ether oxygens (including phenoxy) is 2. The largest absolute Gasteiger partial charge is 2.00 e. The van der Waals surface area contributed by atoms with Gasteiger partial charge < -0.3 is 29.3 Å². The van der Waals surface area contributed by atoms with Gasteiger partial charge in [-0.25, -0.2) is 0 Å². The number of unbranched alkanes of at least 4 members (excludes halogenated alkanes) is 18. The van der Waals surface area contributed by atoms with Crippen molar-refractivity contribution in [1.29, 1.82) is 0 Å². The second-order valence-corrected chi connectivity index (χ2v) is 12.9. The summed E-state index contributed by atoms with van der Waals surface area (Å²) in [5, 5.41) is 20.5. The summed E-state index contributed by atoms with van der Waals surface area (Å²) in [6.07, 6.45) is 34.6. The minimum atomic E-state index is -0.926. The van der Waals surface area contributed by atoms with E-state index in [1.807, 2.05) is 0 Å². The van der Waals surface area contributed by atoms with E-state index in [2.05, 4.69) is 13.8 Å². The van der Waals surface area contributed by atoms with Gasteiger partial charge in [-0.15, -0.1) is 0 Å². The molecule has 2 fully saturated rings. The Morgan fingerprint density at radius 1 is 0.419 bits per heavy atom. The average Bonchev–Trinajstić information content (AvgIpc) is 3.89. The molecule has 6 nitrogen and oxygen atoms in total. The van der Waals surface area contributed by atoms with Gasteiger partial charge in [-0.05, 0) is 51.4 Å². The number of carbonyl (C=O) groups excluding carboxylic acids is 2. The van der Waals surface area contributed by atoms with E-state index in [9.17, 15) is 19.8 Å². The Balaban J connectivity index is 0.000000802. The molecule has 2 aliphatic heterocycles. The first-order valence-electron chi connectivity index (χ1n) is 18.2. The van der Waals surface area contributed by atoms with Crippen molar-refractivity contribution in [1.82, 2.24) is 0 Å². The molecule has 2 saturated heterocycles. The Kier molecular flexibility index (Phi) is 30.0. The van der Waals surface area contributed by atoms with Crippen molar-refractivity contribution < 1.29 is 29.3 Å². The van der Waals surface area contributed by atoms with Crippen LogP contribution in [0.3, 0.4) is 0 Å². The Morgan fingerprint density at radius 2 is 0.651 bits per heavy atom. The molecule has 43 heavy (non-hydrogen) atoms. The molecule has 4 atom stereocenters. The van der Waals surface area contributed by atoms with Gasteiger partial charge in [-0.2, -0.15) is 0 Å². The molecular formula is C36H66MgO6. The zero-order chi connectivity index (χ0) is 30.7. The Labute approximate surface area is 281 Å². The number of carboxylic acids is 2. The molecule has 248 valence electrons. The van der Waals surface area contributed by atoms with Crippen LogP contribution in [0.1, 0.15) is 194 Å². The van der Waals surface area contributed by atoms with Crippen molar-refractivity contribution in [3.8, 4) is 0 Å². The fourth-order valence-electron chi connectivity index (χ4n) is 5.92. The van der Waals surface area contributed by atoms with E-state index in [1.165, 1.54) is 122 Å². The summed E-state index contributed by atoms with van der Waals surface area (Å²) < 4.78 is 11.4. The molecule has 0 aromatic heterocycles. The monoisotopic (exact) mass is 618 g/mol. The number of epoxide rings is 2. The van der Waals surface area contributed by atoms with E-state index in [4.69, 9.17) is 9.47 Å². The van der Waals surface area contributed by atoms with E-state index in [-0.39, 0.29) is 35.9 Å². The maximum atomic E-state index is 10.3. The van der Waals surface area contributed by atoms with Crippen LogP contribution in [0.2, 0.25) is 0 Å². The average molecular weight is 619 g/mol. The minimum Gasteiger partial charge on any atom is -0.550 e. The zero-order valence-electron chi connectivity index (χ0n) is 28.3. The summed E-state index contributed by atoms with van der Waals surface area (Å²) in [4.78, 5) is 20.5. The van der Waals surface area contributed by atoms with Gasteiger partial charge in [0.2, 0.25) is 0 Å². The molecule has 2 rings (SSSR count). The van der Waals surface area contributed by atoms with Crippen molar-refractivity contribution in [3.05, 3.63) is 0 Å². The van der Waals surface area contributed by atoms with Gasteiger partial charge in [0.05, 0.1) is 24.4 Å². The predicted octanol–water partition coefficient (Wildman–Crippen LogP) is 7.59. The molecule has 0 N–H and O–H groups in total. The number of aliphatic carboxylic acids is 2. The van der Waals surface area contributed by atoms with Crippen LogP contribution in [-0.4, -0.2) is 59.4 Å². The maximum absolute atomic E-state index is 10.3. The molecular weight excluding hydrogens is 553 g/mol. The molecule has 0 radical (unpaired) electrons. The van der Waals surface area contributed by atoms with Gasteiger partial charge in [0.1, 0.15) is 0 Å². The van der Waals surface area contributed by atoms with E-state index in [1.54, 1.807) is 0 Å². The van der Waals surface area contributed by atoms with Crippen molar-refractivity contribution >= 4 is 35.0 Å². The predicted molar refractivity (Wildman–Crippen MR) is 174 cm³/mol. The van der Waals surface area contributed by atoms with Crippen LogP contribution < -0.4 is 10.2 Å². The summed E-state index contributed by atoms with van der Waals surface area (Å²) in [7, 11) is 0. The van der Waals surface area contributed by atoms with Gasteiger partial charge in [0, 0.05) is 11.9 Å². The normalized spacial score (nSPS) is 20.1. The summed E-state index contributed by atoms with van der Waals surface area (Å²) >= 11 is 0. The topological polar surface area (TPSA) is 105 Å². The summed E-state index contributed by atoms with van der Waals surface area (Å²) in [6, 6.07) is 0. The van der Waals surface area contributed by atoms with Crippen LogP contribution in [0.5, 0.6) is 0 Å². The van der Waals surface area contributed by atoms with Crippen molar-refractivity contribution in [2.45, 2.75) is 218 Å². The van der Waals surface area contributed by atoms with Crippen LogP contribution in [0.25, 0.3) is 0 Å². The Morgan fingerprint density at radius 3 is 0.930 bits per heavy atom. The summed E-state index contributed by atoms with van der Waals surface area (Å²) in [5.74, 6) is -1.84. The van der Waals surface area contributed by atoms with E-state index in [0.717, 1.165) is 44.9 Å². The van der Waals surface area contributed by atoms with E-state index in [0.29, 0.717) is 24.4 Å². The molecule has 2 aliphatic rings. The summed E-state index contributed by atoms with van der Waals surface area (Å²) in [5.41, 5.74) is 0. The first-order valence-corrected chi connectivity index (χ1v) is 18.2. The maximum Gasteiger partial charge on any atom is 2.00 e. The fraction of sp³-hybridized carbons (Fsp3) is 0.944. The first-order chi connectivity index (χ1) is 20.5. The molecule has 0 amide bonds. The van der Waals surface area contributed by atoms with Gasteiger partial charge in [0.15, 0.2) is 0 Å². The second-order valence-electron chi connectivity index (χ2n) is 12.9. The van der Waals surface area contributed by atoms with Crippen LogP contribution in [0, 0.1) is 0 Å². The number of carbonyl (C=O) groups is 2. The number of hydrogen-bond acceptors (Lipinski definition) is 6. The Bertz CT molecular complexity index is 645. The third-order valence-corrected chi connectivity index (χ3v) is 8.80. The van der Waals surface area contributed by atoms with Gasteiger partial charge >= 0.3 is 23.1 Å². The Hall–Kier alpha value is -0.374. The number of rotatable bonds is 30. The van der Waals surface area contributed by atoms with E-state index < -0.39 is 11.9 Å². The molecule has 0 aromatic carbocycles. The van der Waals surface area contributed by atoms with Crippen LogP contribution >= 0.6 is 0 Å². The third kappa shape index (κ3) is 28.8. The van der Waals surface area contributed by atoms with Crippen LogP contribution in [-0.2, 0) is 19.1 Å². The smallest absolute Gasteiger partial charge is 0.550 e. The summed E-state index contributed by atoms with van der Waals surface area (Å²) in [6.45, 7) is 4.52. The van der Waals surface area contributed by atoms with E-state index >= 15 is 0 Å². The SMILES string of the molecule is CCCCCCCCC1OC1CCCCCCCC(=O)[O-].CCCCCCCCCCC1OC1CCCCCC(=O)[O-].[Mg+2]. The minimum absolute atomic E-state index is 0. The van der Waals surface area contributed by atoms with Crippen LogP contribution in [0.15, 0.2) is 0 Å². The molecule has 0 spiro atoms. The third-order valence-electron chi connectivity index (χ3n) is 8.80. The number of carboxylic acid groups (broad SMARTS) is 2. The molecule has 2 heterocycles. The molecule has 4 unspecified atom stereocenters. The zero-order valence-corrected chi connectivity index (χ0v) is 29.7.